The summed E-state index contributed by atoms with van der Waals surface area (Å²) in [5.74, 6) is -0.241. The predicted octanol–water partition coefficient (Wildman–Crippen LogP) is 3.31. The molecule has 0 spiro atoms. The molecule has 3 aromatic rings. The first kappa shape index (κ1) is 12.2. The second-order valence-electron chi connectivity index (χ2n) is 4.66. The Morgan fingerprint density at radius 2 is 1.50 bits per heavy atom. The van der Waals surface area contributed by atoms with Gasteiger partial charge in [0.05, 0.1) is 0 Å². The summed E-state index contributed by atoms with van der Waals surface area (Å²) in [6.45, 7) is 0. The number of hydrogen-bond acceptors (Lipinski definition) is 2. The second kappa shape index (κ2) is 4.70. The van der Waals surface area contributed by atoms with Crippen LogP contribution < -0.4 is 5.73 Å². The number of carbonyl (C=O) groups is 1. The standard InChI is InChI=1S/C17H13NO2/c18-17(20)12-7-5-11(6-8-12)15-9-13-3-1-2-4-14(13)10-16(15)19/h1-10,19H,(H2,18,20). The summed E-state index contributed by atoms with van der Waals surface area (Å²) in [6, 6.07) is 18.4. The van der Waals surface area contributed by atoms with Gasteiger partial charge in [0.15, 0.2) is 0 Å². The summed E-state index contributed by atoms with van der Waals surface area (Å²) in [4.78, 5) is 11.1. The molecular formula is C17H13NO2. The lowest BCUT2D eigenvalue weighted by Crippen LogP contribution is -2.10. The van der Waals surface area contributed by atoms with E-state index in [0.717, 1.165) is 21.9 Å². The van der Waals surface area contributed by atoms with Crippen molar-refractivity contribution in [1.82, 2.24) is 0 Å². The van der Waals surface area contributed by atoms with Crippen LogP contribution in [-0.2, 0) is 0 Å². The highest BCUT2D eigenvalue weighted by molar-refractivity contribution is 5.94. The van der Waals surface area contributed by atoms with Crippen molar-refractivity contribution >= 4 is 16.7 Å². The van der Waals surface area contributed by atoms with Gasteiger partial charge in [0, 0.05) is 11.1 Å². The Balaban J connectivity index is 2.13. The van der Waals surface area contributed by atoms with Crippen molar-refractivity contribution in [1.29, 1.82) is 0 Å². The van der Waals surface area contributed by atoms with E-state index in [-0.39, 0.29) is 5.75 Å². The fraction of sp³-hybridized carbons (Fsp3) is 0. The van der Waals surface area contributed by atoms with E-state index in [1.807, 2.05) is 30.3 Å². The molecule has 3 heteroatoms. The normalized spacial score (nSPS) is 10.6. The molecule has 0 fully saturated rings. The summed E-state index contributed by atoms with van der Waals surface area (Å²) >= 11 is 0. The van der Waals surface area contributed by atoms with Gasteiger partial charge in [-0.2, -0.15) is 0 Å². The van der Waals surface area contributed by atoms with Crippen LogP contribution in [0.5, 0.6) is 5.75 Å². The molecule has 3 nitrogen and oxygen atoms in total. The van der Waals surface area contributed by atoms with Crippen LogP contribution >= 0.6 is 0 Å². The minimum Gasteiger partial charge on any atom is -0.507 e. The van der Waals surface area contributed by atoms with Gasteiger partial charge in [0.25, 0.3) is 0 Å². The maximum Gasteiger partial charge on any atom is 0.248 e. The van der Waals surface area contributed by atoms with Crippen LogP contribution in [0.25, 0.3) is 21.9 Å². The quantitative estimate of drug-likeness (QED) is 0.745. The zero-order valence-electron chi connectivity index (χ0n) is 10.7. The first-order valence-corrected chi connectivity index (χ1v) is 6.27. The molecule has 3 N–H and O–H groups in total. The molecule has 0 unspecified atom stereocenters. The molecular weight excluding hydrogens is 250 g/mol. The predicted molar refractivity (Wildman–Crippen MR) is 79.6 cm³/mol. The van der Waals surface area contributed by atoms with Crippen molar-refractivity contribution in [2.75, 3.05) is 0 Å². The molecule has 0 aromatic heterocycles. The average molecular weight is 263 g/mol. The molecule has 3 aromatic carbocycles. The molecule has 0 saturated carbocycles. The molecule has 98 valence electrons. The maximum absolute atomic E-state index is 11.1. The number of nitrogens with two attached hydrogens (primary N) is 1. The number of hydrogen-bond donors (Lipinski definition) is 2. The summed E-state index contributed by atoms with van der Waals surface area (Å²) in [7, 11) is 0. The maximum atomic E-state index is 11.1. The van der Waals surface area contributed by atoms with E-state index in [2.05, 4.69) is 0 Å². The molecule has 3 rings (SSSR count). The van der Waals surface area contributed by atoms with E-state index in [0.29, 0.717) is 5.56 Å². The van der Waals surface area contributed by atoms with Gasteiger partial charge in [-0.25, -0.2) is 0 Å². The zero-order chi connectivity index (χ0) is 14.1. The number of rotatable bonds is 2. The monoisotopic (exact) mass is 263 g/mol. The molecule has 0 bridgehead atoms. The summed E-state index contributed by atoms with van der Waals surface area (Å²) < 4.78 is 0. The van der Waals surface area contributed by atoms with Gasteiger partial charge in [-0.3, -0.25) is 4.79 Å². The van der Waals surface area contributed by atoms with E-state index < -0.39 is 5.91 Å². The first-order valence-electron chi connectivity index (χ1n) is 6.27. The lowest BCUT2D eigenvalue weighted by Gasteiger charge is -2.08. The van der Waals surface area contributed by atoms with Crippen molar-refractivity contribution in [3.63, 3.8) is 0 Å². The minimum absolute atomic E-state index is 0.218. The molecule has 0 aliphatic rings. The Morgan fingerprint density at radius 1 is 0.900 bits per heavy atom. The minimum atomic E-state index is -0.459. The third-order valence-electron chi connectivity index (χ3n) is 3.34. The van der Waals surface area contributed by atoms with Crippen molar-refractivity contribution in [3.05, 3.63) is 66.2 Å². The number of phenolic OH excluding ortho intramolecular Hbond substituents is 1. The highest BCUT2D eigenvalue weighted by Crippen LogP contribution is 2.33. The summed E-state index contributed by atoms with van der Waals surface area (Å²) in [5, 5.41) is 12.2. The fourth-order valence-electron chi connectivity index (χ4n) is 2.27. The Kier molecular flexibility index (Phi) is 2.88. The molecule has 0 saturated heterocycles. The number of primary amides is 1. The smallest absolute Gasteiger partial charge is 0.248 e. The van der Waals surface area contributed by atoms with Crippen molar-refractivity contribution in [2.24, 2.45) is 5.73 Å². The second-order valence-corrected chi connectivity index (χ2v) is 4.66. The molecule has 0 radical (unpaired) electrons. The van der Waals surface area contributed by atoms with Crippen molar-refractivity contribution in [2.45, 2.75) is 0 Å². The zero-order valence-corrected chi connectivity index (χ0v) is 10.7. The third kappa shape index (κ3) is 2.10. The topological polar surface area (TPSA) is 63.3 Å². The van der Waals surface area contributed by atoms with Gasteiger partial charge >= 0.3 is 0 Å². The third-order valence-corrected chi connectivity index (χ3v) is 3.34. The first-order chi connectivity index (χ1) is 9.65. The largest absolute Gasteiger partial charge is 0.507 e. The number of benzene rings is 3. The van der Waals surface area contributed by atoms with Crippen LogP contribution in [0.1, 0.15) is 10.4 Å². The van der Waals surface area contributed by atoms with Gasteiger partial charge in [-0.05, 0) is 40.6 Å². The van der Waals surface area contributed by atoms with Gasteiger partial charge in [-0.1, -0.05) is 36.4 Å². The van der Waals surface area contributed by atoms with Crippen LogP contribution in [0.15, 0.2) is 60.7 Å². The number of amides is 1. The Morgan fingerprint density at radius 3 is 2.10 bits per heavy atom. The van der Waals surface area contributed by atoms with Crippen molar-refractivity contribution in [3.8, 4) is 16.9 Å². The molecule has 0 aliphatic carbocycles. The molecule has 0 atom stereocenters. The highest BCUT2D eigenvalue weighted by Gasteiger charge is 2.07. The number of fused-ring (bicyclic) bond motifs is 1. The highest BCUT2D eigenvalue weighted by atomic mass is 16.3. The Hall–Kier alpha value is -2.81. The van der Waals surface area contributed by atoms with Gasteiger partial charge in [0.1, 0.15) is 5.75 Å². The molecule has 20 heavy (non-hydrogen) atoms. The Labute approximate surface area is 116 Å². The number of phenols is 1. The lowest BCUT2D eigenvalue weighted by atomic mass is 9.99. The van der Waals surface area contributed by atoms with E-state index in [1.54, 1.807) is 30.3 Å². The lowest BCUT2D eigenvalue weighted by molar-refractivity contribution is 0.100. The van der Waals surface area contributed by atoms with E-state index in [9.17, 15) is 9.90 Å². The Bertz CT molecular complexity index is 792. The van der Waals surface area contributed by atoms with Gasteiger partial charge in [-0.15, -0.1) is 0 Å². The van der Waals surface area contributed by atoms with E-state index in [1.165, 1.54) is 0 Å². The van der Waals surface area contributed by atoms with E-state index in [4.69, 9.17) is 5.73 Å². The molecule has 0 heterocycles. The number of carbonyl (C=O) groups excluding carboxylic acids is 1. The molecule has 1 amide bonds. The van der Waals surface area contributed by atoms with Crippen LogP contribution in [0.4, 0.5) is 0 Å². The molecule has 0 aliphatic heterocycles. The SMILES string of the molecule is NC(=O)c1ccc(-c2cc3ccccc3cc2O)cc1. The number of aromatic hydroxyl groups is 1. The van der Waals surface area contributed by atoms with Crippen LogP contribution in [0.2, 0.25) is 0 Å². The van der Waals surface area contributed by atoms with Crippen LogP contribution in [-0.4, -0.2) is 11.0 Å². The van der Waals surface area contributed by atoms with Gasteiger partial charge in [0.2, 0.25) is 5.91 Å². The van der Waals surface area contributed by atoms with Crippen molar-refractivity contribution < 1.29 is 9.90 Å². The fourth-order valence-corrected chi connectivity index (χ4v) is 2.27. The summed E-state index contributed by atoms with van der Waals surface area (Å²) in [5.41, 5.74) is 7.25. The van der Waals surface area contributed by atoms with Gasteiger partial charge < -0.3 is 10.8 Å². The summed E-state index contributed by atoms with van der Waals surface area (Å²) in [6.07, 6.45) is 0. The average Bonchev–Trinajstić information content (AvgIpc) is 2.46. The van der Waals surface area contributed by atoms with Crippen LogP contribution in [0, 0.1) is 0 Å². The van der Waals surface area contributed by atoms with Crippen LogP contribution in [0.3, 0.4) is 0 Å². The van der Waals surface area contributed by atoms with E-state index >= 15 is 0 Å².